The van der Waals surface area contributed by atoms with Crippen molar-refractivity contribution in [2.45, 2.75) is 203 Å². The summed E-state index contributed by atoms with van der Waals surface area (Å²) >= 11 is 0. The molecule has 0 fully saturated rings. The standard InChI is InChI=1S/C43H72/c1-37(2,3)30-27-23-25-28(31(30)38(4,5)6)24-22-26-29-32(39(7,8)9)34(41(13,14)15)36(43(19,20)21)35(42(16,17)18)33(29)40(10,11)12/h23,25,27H,22,24,26H2,1-21H3. The van der Waals surface area contributed by atoms with Gasteiger partial charge in [0, 0.05) is 0 Å². The van der Waals surface area contributed by atoms with E-state index < -0.39 is 0 Å². The van der Waals surface area contributed by atoms with Gasteiger partial charge in [-0.25, -0.2) is 0 Å². The van der Waals surface area contributed by atoms with Crippen molar-refractivity contribution >= 4 is 0 Å². The molecule has 0 aromatic heterocycles. The van der Waals surface area contributed by atoms with Crippen LogP contribution in [0.2, 0.25) is 0 Å². The van der Waals surface area contributed by atoms with Crippen molar-refractivity contribution in [3.63, 3.8) is 0 Å². The lowest BCUT2D eigenvalue weighted by Crippen LogP contribution is -2.37. The second kappa shape index (κ2) is 11.7. The van der Waals surface area contributed by atoms with Crippen molar-refractivity contribution in [2.75, 3.05) is 0 Å². The zero-order valence-corrected chi connectivity index (χ0v) is 32.9. The molecule has 0 aliphatic heterocycles. The van der Waals surface area contributed by atoms with Crippen molar-refractivity contribution in [1.29, 1.82) is 0 Å². The van der Waals surface area contributed by atoms with Gasteiger partial charge in [0.1, 0.15) is 0 Å². The smallest absolute Gasteiger partial charge is 0.0126 e. The van der Waals surface area contributed by atoms with E-state index in [1.165, 1.54) is 11.1 Å². The summed E-state index contributed by atoms with van der Waals surface area (Å²) in [5, 5.41) is 0. The summed E-state index contributed by atoms with van der Waals surface area (Å²) in [6.07, 6.45) is 3.38. The first-order chi connectivity index (χ1) is 18.8. The van der Waals surface area contributed by atoms with Crippen molar-refractivity contribution in [3.8, 4) is 0 Å². The topological polar surface area (TPSA) is 0 Å². The Kier molecular flexibility index (Phi) is 10.2. The van der Waals surface area contributed by atoms with Crippen molar-refractivity contribution in [3.05, 3.63) is 68.3 Å². The Bertz CT molecular complexity index is 1220. The molecule has 2 aromatic rings. The SMILES string of the molecule is CC(C)(C)c1cccc(CCCc2c(C(C)(C)C)c(C(C)(C)C)c(C(C)(C)C)c(C(C)(C)C)c2C(C)(C)C)c1C(C)(C)C. The van der Waals surface area contributed by atoms with E-state index in [0.717, 1.165) is 19.3 Å². The molecule has 2 rings (SSSR count). The predicted molar refractivity (Wildman–Crippen MR) is 196 cm³/mol. The minimum atomic E-state index is 0.0385. The molecule has 0 heteroatoms. The first-order valence-corrected chi connectivity index (χ1v) is 17.2. The van der Waals surface area contributed by atoms with Crippen LogP contribution in [0.5, 0.6) is 0 Å². The van der Waals surface area contributed by atoms with Gasteiger partial charge in [-0.2, -0.15) is 0 Å². The maximum atomic E-state index is 2.46. The molecule has 0 bridgehead atoms. The average Bonchev–Trinajstić information content (AvgIpc) is 2.72. The zero-order valence-electron chi connectivity index (χ0n) is 32.9. The molecule has 0 aliphatic rings. The Morgan fingerprint density at radius 3 is 0.977 bits per heavy atom. The van der Waals surface area contributed by atoms with Gasteiger partial charge in [0.05, 0.1) is 0 Å². The van der Waals surface area contributed by atoms with E-state index in [1.807, 2.05) is 0 Å². The van der Waals surface area contributed by atoms with Crippen LogP contribution in [0.4, 0.5) is 0 Å². The van der Waals surface area contributed by atoms with E-state index in [4.69, 9.17) is 0 Å². The molecule has 0 spiro atoms. The van der Waals surface area contributed by atoms with Crippen LogP contribution in [-0.4, -0.2) is 0 Å². The van der Waals surface area contributed by atoms with Crippen LogP contribution < -0.4 is 0 Å². The average molecular weight is 589 g/mol. The molecule has 0 unspecified atom stereocenters. The third kappa shape index (κ3) is 8.38. The van der Waals surface area contributed by atoms with Gasteiger partial charge in [-0.1, -0.05) is 164 Å². The molecule has 0 radical (unpaired) electrons. The fourth-order valence-electron chi connectivity index (χ4n) is 7.73. The van der Waals surface area contributed by atoms with Gasteiger partial charge in [-0.05, 0) is 107 Å². The van der Waals surface area contributed by atoms with Crippen LogP contribution in [0.25, 0.3) is 0 Å². The Morgan fingerprint density at radius 1 is 0.349 bits per heavy atom. The Labute approximate surface area is 270 Å². The summed E-state index contributed by atoms with van der Waals surface area (Å²) in [6, 6.07) is 7.09. The van der Waals surface area contributed by atoms with E-state index in [2.05, 4.69) is 164 Å². The Morgan fingerprint density at radius 2 is 0.674 bits per heavy atom. The lowest BCUT2D eigenvalue weighted by molar-refractivity contribution is 0.453. The van der Waals surface area contributed by atoms with Crippen LogP contribution in [0, 0.1) is 0 Å². The lowest BCUT2D eigenvalue weighted by atomic mass is 9.58. The van der Waals surface area contributed by atoms with Gasteiger partial charge in [-0.3, -0.25) is 0 Å². The number of rotatable bonds is 4. The van der Waals surface area contributed by atoms with Gasteiger partial charge in [0.25, 0.3) is 0 Å². The summed E-state index contributed by atoms with van der Waals surface area (Å²) in [7, 11) is 0. The van der Waals surface area contributed by atoms with Gasteiger partial charge in [-0.15, -0.1) is 0 Å². The highest BCUT2D eigenvalue weighted by Crippen LogP contribution is 2.52. The highest BCUT2D eigenvalue weighted by atomic mass is 14.5. The van der Waals surface area contributed by atoms with Crippen molar-refractivity contribution in [2.24, 2.45) is 0 Å². The summed E-state index contributed by atoms with van der Waals surface area (Å²) in [5.74, 6) is 0. The molecule has 0 saturated carbocycles. The molecule has 0 nitrogen and oxygen atoms in total. The maximum Gasteiger partial charge on any atom is -0.0126 e. The molecule has 0 heterocycles. The lowest BCUT2D eigenvalue weighted by Gasteiger charge is -2.46. The summed E-state index contributed by atoms with van der Waals surface area (Å²) in [4.78, 5) is 0. The van der Waals surface area contributed by atoms with E-state index in [9.17, 15) is 0 Å². The highest BCUT2D eigenvalue weighted by molar-refractivity contribution is 5.62. The second-order valence-electron chi connectivity index (χ2n) is 20.8. The Balaban J connectivity index is 3.04. The summed E-state index contributed by atoms with van der Waals surface area (Å²) in [5.41, 5.74) is 14.7. The number of aryl methyl sites for hydroxylation is 1. The van der Waals surface area contributed by atoms with E-state index in [1.54, 1.807) is 38.9 Å². The normalized spacial score (nSPS) is 14.4. The van der Waals surface area contributed by atoms with Crippen LogP contribution in [0.15, 0.2) is 18.2 Å². The van der Waals surface area contributed by atoms with Gasteiger partial charge < -0.3 is 0 Å². The third-order valence-electron chi connectivity index (χ3n) is 8.94. The first kappa shape index (κ1) is 37.6. The molecule has 0 saturated heterocycles. The molecule has 43 heavy (non-hydrogen) atoms. The van der Waals surface area contributed by atoms with Crippen LogP contribution >= 0.6 is 0 Å². The molecule has 0 atom stereocenters. The molecule has 0 N–H and O–H groups in total. The van der Waals surface area contributed by atoms with Crippen LogP contribution in [-0.2, 0) is 50.7 Å². The predicted octanol–water partition coefficient (Wildman–Crippen LogP) is 12.9. The van der Waals surface area contributed by atoms with Gasteiger partial charge in [0.2, 0.25) is 0 Å². The van der Waals surface area contributed by atoms with E-state index in [-0.39, 0.29) is 37.9 Å². The van der Waals surface area contributed by atoms with Crippen LogP contribution in [0.1, 0.15) is 202 Å². The first-order valence-electron chi connectivity index (χ1n) is 17.2. The third-order valence-corrected chi connectivity index (χ3v) is 8.94. The molecule has 0 aliphatic carbocycles. The number of benzene rings is 2. The molecule has 2 aromatic carbocycles. The van der Waals surface area contributed by atoms with Crippen molar-refractivity contribution < 1.29 is 0 Å². The molecule has 0 amide bonds. The summed E-state index contributed by atoms with van der Waals surface area (Å²) < 4.78 is 0. The quantitative estimate of drug-likeness (QED) is 0.333. The monoisotopic (exact) mass is 589 g/mol. The minimum Gasteiger partial charge on any atom is -0.0617 e. The van der Waals surface area contributed by atoms with Gasteiger partial charge >= 0.3 is 0 Å². The highest BCUT2D eigenvalue weighted by Gasteiger charge is 2.42. The number of hydrogen-bond donors (Lipinski definition) is 0. The van der Waals surface area contributed by atoms with E-state index in [0.29, 0.717) is 0 Å². The van der Waals surface area contributed by atoms with E-state index >= 15 is 0 Å². The largest absolute Gasteiger partial charge is 0.0617 e. The van der Waals surface area contributed by atoms with Crippen LogP contribution in [0.3, 0.4) is 0 Å². The number of hydrogen-bond acceptors (Lipinski definition) is 0. The fourth-order valence-corrected chi connectivity index (χ4v) is 7.73. The molecular formula is C43H72. The minimum absolute atomic E-state index is 0.0385. The summed E-state index contributed by atoms with van der Waals surface area (Å²) in [6.45, 7) is 51.1. The molecule has 244 valence electrons. The second-order valence-corrected chi connectivity index (χ2v) is 20.8. The van der Waals surface area contributed by atoms with Crippen molar-refractivity contribution in [1.82, 2.24) is 0 Å². The fraction of sp³-hybridized carbons (Fsp3) is 0.721. The zero-order chi connectivity index (χ0) is 33.9. The van der Waals surface area contributed by atoms with Gasteiger partial charge in [0.15, 0.2) is 0 Å². The Hall–Kier alpha value is -1.56. The maximum absolute atomic E-state index is 2.46. The molecular weight excluding hydrogens is 516 g/mol.